The number of Topliss-reactive ketones (excluding diaryl/α,β-unsaturated/α-hetero) is 1. The highest BCUT2D eigenvalue weighted by Gasteiger charge is 2.29. The van der Waals surface area contributed by atoms with Crippen molar-refractivity contribution in [2.45, 2.75) is 32.2 Å². The van der Waals surface area contributed by atoms with Gasteiger partial charge in [-0.15, -0.1) is 0 Å². The van der Waals surface area contributed by atoms with E-state index in [4.69, 9.17) is 4.74 Å². The molecule has 1 fully saturated rings. The normalized spacial score (nSPS) is 17.9. The summed E-state index contributed by atoms with van der Waals surface area (Å²) in [7, 11) is 1.60. The number of ketones is 1. The van der Waals surface area contributed by atoms with Gasteiger partial charge in [0.05, 0.1) is 7.11 Å². The molecule has 0 radical (unpaired) electrons. The molecule has 1 N–H and O–H groups in total. The van der Waals surface area contributed by atoms with Gasteiger partial charge in [0.1, 0.15) is 11.5 Å². The summed E-state index contributed by atoms with van der Waals surface area (Å²) >= 11 is 0. The lowest BCUT2D eigenvalue weighted by molar-refractivity contribution is -0.117. The van der Waals surface area contributed by atoms with Crippen LogP contribution in [-0.4, -0.2) is 36.4 Å². The number of nitrogens with one attached hydrogen (secondary N) is 1. The van der Waals surface area contributed by atoms with Crippen LogP contribution in [0.2, 0.25) is 0 Å². The molecule has 5 nitrogen and oxygen atoms in total. The van der Waals surface area contributed by atoms with E-state index in [1.54, 1.807) is 43.2 Å². The third-order valence-electron chi connectivity index (χ3n) is 3.50. The maximum atomic E-state index is 12.2. The number of carbonyl (C=O) groups is 2. The molecule has 0 spiro atoms. The Kier molecular flexibility index (Phi) is 4.61. The van der Waals surface area contributed by atoms with Gasteiger partial charge in [0.15, 0.2) is 0 Å². The van der Waals surface area contributed by atoms with Gasteiger partial charge >= 0.3 is 6.03 Å². The number of anilines is 1. The van der Waals surface area contributed by atoms with Crippen molar-refractivity contribution in [2.75, 3.05) is 19.0 Å². The summed E-state index contributed by atoms with van der Waals surface area (Å²) in [5.41, 5.74) is 0.726. The Hall–Kier alpha value is -2.04. The molecule has 1 heterocycles. The van der Waals surface area contributed by atoms with Crippen molar-refractivity contribution in [3.63, 3.8) is 0 Å². The number of nitrogens with zero attached hydrogens (tertiary/aromatic N) is 1. The van der Waals surface area contributed by atoms with Gasteiger partial charge in [-0.25, -0.2) is 4.79 Å². The fourth-order valence-corrected chi connectivity index (χ4v) is 2.52. The van der Waals surface area contributed by atoms with E-state index in [1.807, 2.05) is 0 Å². The summed E-state index contributed by atoms with van der Waals surface area (Å²) in [6.45, 7) is 2.28. The molecule has 108 valence electrons. The van der Waals surface area contributed by atoms with Crippen LogP contribution in [0.25, 0.3) is 0 Å². The molecule has 2 rings (SSSR count). The maximum Gasteiger partial charge on any atom is 0.322 e. The summed E-state index contributed by atoms with van der Waals surface area (Å²) < 4.78 is 5.07. The van der Waals surface area contributed by atoms with Crippen LogP contribution < -0.4 is 10.1 Å². The highest BCUT2D eigenvalue weighted by atomic mass is 16.5. The van der Waals surface area contributed by atoms with E-state index in [0.717, 1.165) is 24.3 Å². The van der Waals surface area contributed by atoms with Crippen molar-refractivity contribution in [3.05, 3.63) is 24.3 Å². The molecule has 20 heavy (non-hydrogen) atoms. The highest BCUT2D eigenvalue weighted by molar-refractivity contribution is 5.90. The molecular weight excluding hydrogens is 256 g/mol. The van der Waals surface area contributed by atoms with Crippen molar-refractivity contribution in [1.82, 2.24) is 4.90 Å². The van der Waals surface area contributed by atoms with Gasteiger partial charge in [-0.05, 0) is 44.0 Å². The average Bonchev–Trinajstić information content (AvgIpc) is 2.87. The zero-order valence-corrected chi connectivity index (χ0v) is 11.9. The number of benzene rings is 1. The van der Waals surface area contributed by atoms with Gasteiger partial charge in [-0.3, -0.25) is 4.79 Å². The first-order valence-electron chi connectivity index (χ1n) is 6.81. The quantitative estimate of drug-likeness (QED) is 0.919. The molecule has 1 aromatic rings. The highest BCUT2D eigenvalue weighted by Crippen LogP contribution is 2.22. The molecule has 0 saturated carbocycles. The Balaban J connectivity index is 1.97. The number of hydrogen-bond acceptors (Lipinski definition) is 3. The van der Waals surface area contributed by atoms with Crippen molar-refractivity contribution in [3.8, 4) is 5.75 Å². The zero-order valence-electron chi connectivity index (χ0n) is 11.9. The summed E-state index contributed by atoms with van der Waals surface area (Å²) in [5, 5.41) is 2.86. The Morgan fingerprint density at radius 2 is 2.05 bits per heavy atom. The molecule has 1 aliphatic heterocycles. The van der Waals surface area contributed by atoms with Gasteiger partial charge in [0.25, 0.3) is 0 Å². The third-order valence-corrected chi connectivity index (χ3v) is 3.50. The lowest BCUT2D eigenvalue weighted by Crippen LogP contribution is -2.39. The van der Waals surface area contributed by atoms with E-state index < -0.39 is 0 Å². The van der Waals surface area contributed by atoms with E-state index in [1.165, 1.54) is 0 Å². The Morgan fingerprint density at radius 1 is 1.35 bits per heavy atom. The summed E-state index contributed by atoms with van der Waals surface area (Å²) in [6.07, 6.45) is 2.29. The van der Waals surface area contributed by atoms with Crippen LogP contribution in [0, 0.1) is 0 Å². The monoisotopic (exact) mass is 276 g/mol. The molecule has 1 aliphatic rings. The SMILES string of the molecule is COc1ccc(NC(=O)N2CCCC2CC(C)=O)cc1. The summed E-state index contributed by atoms with van der Waals surface area (Å²) in [5.74, 6) is 0.873. The molecule has 1 saturated heterocycles. The number of methoxy groups -OCH3 is 1. The molecule has 2 amide bonds. The van der Waals surface area contributed by atoms with Gasteiger partial charge in [0.2, 0.25) is 0 Å². The van der Waals surface area contributed by atoms with Crippen LogP contribution in [0.5, 0.6) is 5.75 Å². The number of ether oxygens (including phenoxy) is 1. The fourth-order valence-electron chi connectivity index (χ4n) is 2.52. The van der Waals surface area contributed by atoms with E-state index in [0.29, 0.717) is 13.0 Å². The lowest BCUT2D eigenvalue weighted by Gasteiger charge is -2.24. The van der Waals surface area contributed by atoms with Gasteiger partial charge in [-0.2, -0.15) is 0 Å². The van der Waals surface area contributed by atoms with E-state index in [-0.39, 0.29) is 17.9 Å². The predicted octanol–water partition coefficient (Wildman–Crippen LogP) is 2.67. The van der Waals surface area contributed by atoms with Crippen molar-refractivity contribution in [1.29, 1.82) is 0 Å². The maximum absolute atomic E-state index is 12.2. The van der Waals surface area contributed by atoms with E-state index in [2.05, 4.69) is 5.32 Å². The fraction of sp³-hybridized carbons (Fsp3) is 0.467. The second-order valence-corrected chi connectivity index (χ2v) is 5.05. The van der Waals surface area contributed by atoms with Gasteiger partial charge in [0, 0.05) is 24.7 Å². The van der Waals surface area contributed by atoms with Crippen molar-refractivity contribution in [2.24, 2.45) is 0 Å². The molecule has 1 aromatic carbocycles. The van der Waals surface area contributed by atoms with Gasteiger partial charge < -0.3 is 15.0 Å². The van der Waals surface area contributed by atoms with Gasteiger partial charge in [-0.1, -0.05) is 0 Å². The standard InChI is InChI=1S/C15H20N2O3/c1-11(18)10-13-4-3-9-17(13)15(19)16-12-5-7-14(20-2)8-6-12/h5-8,13H,3-4,9-10H2,1-2H3,(H,16,19). The molecule has 0 bridgehead atoms. The first kappa shape index (κ1) is 14.4. The largest absolute Gasteiger partial charge is 0.497 e. The van der Waals surface area contributed by atoms with Crippen molar-refractivity contribution < 1.29 is 14.3 Å². The lowest BCUT2D eigenvalue weighted by atomic mass is 10.1. The number of hydrogen-bond donors (Lipinski definition) is 1. The first-order valence-corrected chi connectivity index (χ1v) is 6.81. The minimum atomic E-state index is -0.140. The summed E-state index contributed by atoms with van der Waals surface area (Å²) in [6, 6.07) is 7.09. The Bertz CT molecular complexity index is 484. The molecule has 1 atom stereocenters. The Morgan fingerprint density at radius 3 is 2.65 bits per heavy atom. The van der Waals surface area contributed by atoms with Crippen molar-refractivity contribution >= 4 is 17.5 Å². The Labute approximate surface area is 118 Å². The van der Waals surface area contributed by atoms with Crippen LogP contribution in [0.15, 0.2) is 24.3 Å². The zero-order chi connectivity index (χ0) is 14.5. The number of rotatable bonds is 4. The number of carbonyl (C=O) groups excluding carboxylic acids is 2. The third kappa shape index (κ3) is 3.50. The second kappa shape index (κ2) is 6.41. The van der Waals surface area contributed by atoms with Crippen LogP contribution in [0.3, 0.4) is 0 Å². The number of amides is 2. The van der Waals surface area contributed by atoms with E-state index in [9.17, 15) is 9.59 Å². The number of urea groups is 1. The minimum Gasteiger partial charge on any atom is -0.497 e. The topological polar surface area (TPSA) is 58.6 Å². The second-order valence-electron chi connectivity index (χ2n) is 5.05. The smallest absolute Gasteiger partial charge is 0.322 e. The van der Waals surface area contributed by atoms with Crippen LogP contribution in [-0.2, 0) is 4.79 Å². The van der Waals surface area contributed by atoms with Crippen LogP contribution in [0.1, 0.15) is 26.2 Å². The molecule has 0 aromatic heterocycles. The average molecular weight is 276 g/mol. The molecule has 1 unspecified atom stereocenters. The van der Waals surface area contributed by atoms with E-state index >= 15 is 0 Å². The van der Waals surface area contributed by atoms with Crippen LogP contribution >= 0.6 is 0 Å². The summed E-state index contributed by atoms with van der Waals surface area (Å²) in [4.78, 5) is 25.2. The molecular formula is C15H20N2O3. The van der Waals surface area contributed by atoms with Crippen LogP contribution in [0.4, 0.5) is 10.5 Å². The molecule has 5 heteroatoms. The number of likely N-dealkylation sites (tertiary alicyclic amines) is 1. The first-order chi connectivity index (χ1) is 9.60. The molecule has 0 aliphatic carbocycles. The minimum absolute atomic E-state index is 0.0331. The predicted molar refractivity (Wildman–Crippen MR) is 77.0 cm³/mol.